The highest BCUT2D eigenvalue weighted by Crippen LogP contribution is 2.19. The highest BCUT2D eigenvalue weighted by Gasteiger charge is 2.18. The van der Waals surface area contributed by atoms with Crippen molar-refractivity contribution >= 4 is 0 Å². The highest BCUT2D eigenvalue weighted by atomic mass is 16.5. The van der Waals surface area contributed by atoms with Gasteiger partial charge in [-0.05, 0) is 18.8 Å². The molecule has 0 radical (unpaired) electrons. The fourth-order valence-corrected chi connectivity index (χ4v) is 1.79. The number of nitrogens with zero attached hydrogens (tertiary/aromatic N) is 2. The summed E-state index contributed by atoms with van der Waals surface area (Å²) in [4.78, 5) is 4.39. The Kier molecular flexibility index (Phi) is 3.36. The second-order valence-corrected chi connectivity index (χ2v) is 4.46. The molecule has 0 N–H and O–H groups in total. The lowest BCUT2D eigenvalue weighted by atomic mass is 9.96. The molecule has 0 atom stereocenters. The van der Waals surface area contributed by atoms with E-state index in [2.05, 4.69) is 24.0 Å². The molecule has 4 nitrogen and oxygen atoms in total. The Balaban J connectivity index is 1.91. The van der Waals surface area contributed by atoms with Gasteiger partial charge in [0.25, 0.3) is 0 Å². The van der Waals surface area contributed by atoms with Crippen LogP contribution in [0.15, 0.2) is 4.52 Å². The molecule has 15 heavy (non-hydrogen) atoms. The third-order valence-electron chi connectivity index (χ3n) is 2.79. The van der Waals surface area contributed by atoms with Gasteiger partial charge in [-0.1, -0.05) is 19.0 Å². The van der Waals surface area contributed by atoms with Gasteiger partial charge in [-0.15, -0.1) is 0 Å². The topological polar surface area (TPSA) is 48.2 Å². The van der Waals surface area contributed by atoms with Crippen LogP contribution in [0.1, 0.15) is 44.3 Å². The predicted octanol–water partition coefficient (Wildman–Crippen LogP) is 2.16. The van der Waals surface area contributed by atoms with E-state index in [0.29, 0.717) is 11.8 Å². The van der Waals surface area contributed by atoms with Crippen molar-refractivity contribution in [2.24, 2.45) is 5.92 Å². The molecule has 0 spiro atoms. The number of hydrogen-bond acceptors (Lipinski definition) is 4. The molecule has 0 aromatic carbocycles. The van der Waals surface area contributed by atoms with Gasteiger partial charge in [-0.3, -0.25) is 0 Å². The first kappa shape index (κ1) is 10.6. The van der Waals surface area contributed by atoms with Crippen molar-refractivity contribution in [1.82, 2.24) is 10.1 Å². The summed E-state index contributed by atoms with van der Waals surface area (Å²) in [5, 5.41) is 4.00. The van der Waals surface area contributed by atoms with E-state index in [4.69, 9.17) is 9.26 Å². The van der Waals surface area contributed by atoms with Crippen LogP contribution in [0.25, 0.3) is 0 Å². The van der Waals surface area contributed by atoms with Crippen LogP contribution in [0.4, 0.5) is 0 Å². The average Bonchev–Trinajstić information content (AvgIpc) is 2.68. The third-order valence-corrected chi connectivity index (χ3v) is 2.79. The van der Waals surface area contributed by atoms with Crippen molar-refractivity contribution in [1.29, 1.82) is 0 Å². The lowest BCUT2D eigenvalue weighted by Crippen LogP contribution is -2.18. The number of hydrogen-bond donors (Lipinski definition) is 0. The molecule has 4 heteroatoms. The van der Waals surface area contributed by atoms with Gasteiger partial charge in [0.05, 0.1) is 0 Å². The van der Waals surface area contributed by atoms with Crippen molar-refractivity contribution in [2.45, 2.75) is 39.0 Å². The summed E-state index contributed by atoms with van der Waals surface area (Å²) in [7, 11) is 0. The SMILES string of the molecule is CC(C)c1nc(CC2CCOCC2)no1. The molecule has 0 saturated carbocycles. The average molecular weight is 210 g/mol. The molecule has 2 heterocycles. The minimum atomic E-state index is 0.320. The van der Waals surface area contributed by atoms with Crippen LogP contribution in [0.2, 0.25) is 0 Å². The first-order chi connectivity index (χ1) is 7.25. The van der Waals surface area contributed by atoms with E-state index in [1.54, 1.807) is 0 Å². The predicted molar refractivity (Wildman–Crippen MR) is 55.6 cm³/mol. The molecular weight excluding hydrogens is 192 g/mol. The van der Waals surface area contributed by atoms with Crippen LogP contribution in [-0.4, -0.2) is 23.4 Å². The summed E-state index contributed by atoms with van der Waals surface area (Å²) < 4.78 is 10.5. The maximum Gasteiger partial charge on any atom is 0.229 e. The molecule has 1 saturated heterocycles. The van der Waals surface area contributed by atoms with E-state index in [1.807, 2.05) is 0 Å². The quantitative estimate of drug-likeness (QED) is 0.767. The van der Waals surface area contributed by atoms with Crippen LogP contribution in [0.3, 0.4) is 0 Å². The van der Waals surface area contributed by atoms with Crippen LogP contribution in [0.5, 0.6) is 0 Å². The monoisotopic (exact) mass is 210 g/mol. The summed E-state index contributed by atoms with van der Waals surface area (Å²) in [6.45, 7) is 5.87. The van der Waals surface area contributed by atoms with Crippen LogP contribution in [0, 0.1) is 5.92 Å². The van der Waals surface area contributed by atoms with E-state index < -0.39 is 0 Å². The molecule has 0 amide bonds. The lowest BCUT2D eigenvalue weighted by molar-refractivity contribution is 0.0658. The zero-order valence-electron chi connectivity index (χ0n) is 9.40. The maximum atomic E-state index is 5.32. The van der Waals surface area contributed by atoms with Gasteiger partial charge in [0.15, 0.2) is 5.82 Å². The van der Waals surface area contributed by atoms with Crippen molar-refractivity contribution in [3.63, 3.8) is 0 Å². The molecule has 84 valence electrons. The zero-order valence-corrected chi connectivity index (χ0v) is 9.40. The lowest BCUT2D eigenvalue weighted by Gasteiger charge is -2.20. The molecule has 0 aliphatic carbocycles. The van der Waals surface area contributed by atoms with Crippen molar-refractivity contribution in [3.8, 4) is 0 Å². The first-order valence-corrected chi connectivity index (χ1v) is 5.66. The van der Waals surface area contributed by atoms with E-state index >= 15 is 0 Å². The molecule has 2 rings (SSSR count). The van der Waals surface area contributed by atoms with Crippen LogP contribution < -0.4 is 0 Å². The van der Waals surface area contributed by atoms with Gasteiger partial charge >= 0.3 is 0 Å². The summed E-state index contributed by atoms with van der Waals surface area (Å²) >= 11 is 0. The van der Waals surface area contributed by atoms with Gasteiger partial charge in [0.1, 0.15) is 0 Å². The van der Waals surface area contributed by atoms with Gasteiger partial charge in [-0.25, -0.2) is 0 Å². The Morgan fingerprint density at radius 3 is 2.67 bits per heavy atom. The minimum Gasteiger partial charge on any atom is -0.381 e. The Hall–Kier alpha value is -0.900. The summed E-state index contributed by atoms with van der Waals surface area (Å²) in [5.74, 6) is 2.58. The molecule has 1 fully saturated rings. The maximum absolute atomic E-state index is 5.32. The fraction of sp³-hybridized carbons (Fsp3) is 0.818. The normalized spacial score (nSPS) is 18.6. The van der Waals surface area contributed by atoms with E-state index in [9.17, 15) is 0 Å². The van der Waals surface area contributed by atoms with E-state index in [0.717, 1.165) is 44.2 Å². The van der Waals surface area contributed by atoms with Crippen molar-refractivity contribution in [2.75, 3.05) is 13.2 Å². The Morgan fingerprint density at radius 2 is 2.07 bits per heavy atom. The smallest absolute Gasteiger partial charge is 0.229 e. The minimum absolute atomic E-state index is 0.320. The second kappa shape index (κ2) is 4.75. The van der Waals surface area contributed by atoms with Gasteiger partial charge in [-0.2, -0.15) is 4.98 Å². The molecule has 1 aromatic heterocycles. The summed E-state index contributed by atoms with van der Waals surface area (Å²) in [5.41, 5.74) is 0. The van der Waals surface area contributed by atoms with Crippen LogP contribution in [-0.2, 0) is 11.2 Å². The van der Waals surface area contributed by atoms with Crippen molar-refractivity contribution in [3.05, 3.63) is 11.7 Å². The van der Waals surface area contributed by atoms with Gasteiger partial charge in [0.2, 0.25) is 5.89 Å². The Morgan fingerprint density at radius 1 is 1.33 bits per heavy atom. The summed E-state index contributed by atoms with van der Waals surface area (Å²) in [6, 6.07) is 0. The molecule has 1 aromatic rings. The molecule has 0 bridgehead atoms. The molecule has 1 aliphatic heterocycles. The van der Waals surface area contributed by atoms with Gasteiger partial charge < -0.3 is 9.26 Å². The highest BCUT2D eigenvalue weighted by molar-refractivity contribution is 4.92. The second-order valence-electron chi connectivity index (χ2n) is 4.46. The first-order valence-electron chi connectivity index (χ1n) is 5.66. The van der Waals surface area contributed by atoms with E-state index in [-0.39, 0.29) is 0 Å². The largest absolute Gasteiger partial charge is 0.381 e. The number of aromatic nitrogens is 2. The Labute approximate surface area is 90.0 Å². The van der Waals surface area contributed by atoms with Crippen LogP contribution >= 0.6 is 0 Å². The van der Waals surface area contributed by atoms with Crippen molar-refractivity contribution < 1.29 is 9.26 Å². The molecular formula is C11H18N2O2. The number of rotatable bonds is 3. The standard InChI is InChI=1S/C11H18N2O2/c1-8(2)11-12-10(13-15-11)7-9-3-5-14-6-4-9/h8-9H,3-7H2,1-2H3. The fourth-order valence-electron chi connectivity index (χ4n) is 1.79. The third kappa shape index (κ3) is 2.78. The van der Waals surface area contributed by atoms with E-state index in [1.165, 1.54) is 0 Å². The molecule has 1 aliphatic rings. The number of ether oxygens (including phenoxy) is 1. The Bertz CT molecular complexity index is 303. The zero-order chi connectivity index (χ0) is 10.7. The molecule has 0 unspecified atom stereocenters. The summed E-state index contributed by atoms with van der Waals surface area (Å²) in [6.07, 6.45) is 3.16. The van der Waals surface area contributed by atoms with Gasteiger partial charge in [0, 0.05) is 25.6 Å².